The van der Waals surface area contributed by atoms with E-state index in [0.29, 0.717) is 19.1 Å². The van der Waals surface area contributed by atoms with Gasteiger partial charge in [0.25, 0.3) is 5.91 Å². The zero-order valence-corrected chi connectivity index (χ0v) is 21.6. The molecule has 1 saturated carbocycles. The highest BCUT2D eigenvalue weighted by atomic mass is 16.6. The van der Waals surface area contributed by atoms with Gasteiger partial charge < -0.3 is 19.8 Å². The van der Waals surface area contributed by atoms with Gasteiger partial charge in [-0.15, -0.1) is 0 Å². The number of rotatable bonds is 11. The predicted molar refractivity (Wildman–Crippen MR) is 138 cm³/mol. The number of amidine groups is 1. The van der Waals surface area contributed by atoms with Gasteiger partial charge in [-0.2, -0.15) is 0 Å². The highest BCUT2D eigenvalue weighted by Crippen LogP contribution is 2.38. The molecule has 3 rings (SSSR count). The van der Waals surface area contributed by atoms with Crippen molar-refractivity contribution in [1.82, 2.24) is 10.2 Å². The SMILES string of the molecule is C=C(O/N=C(\C)N1CCC(CCCOc2ccc(C(=O)NCCC)c(C)c2)CC1)C1CC(C)C1. The first-order chi connectivity index (χ1) is 16.4. The van der Waals surface area contributed by atoms with Gasteiger partial charge >= 0.3 is 0 Å². The molecular formula is C28H43N3O3. The fourth-order valence-corrected chi connectivity index (χ4v) is 4.84. The quantitative estimate of drug-likeness (QED) is 0.144. The summed E-state index contributed by atoms with van der Waals surface area (Å²) in [5.74, 6) is 4.59. The third-order valence-electron chi connectivity index (χ3n) is 7.20. The summed E-state index contributed by atoms with van der Waals surface area (Å²) in [7, 11) is 0. The first-order valence-corrected chi connectivity index (χ1v) is 13.0. The van der Waals surface area contributed by atoms with Crippen molar-refractivity contribution in [2.45, 2.75) is 72.6 Å². The Labute approximate surface area is 205 Å². The van der Waals surface area contributed by atoms with Crippen LogP contribution in [-0.4, -0.2) is 42.9 Å². The minimum atomic E-state index is -0.0120. The van der Waals surface area contributed by atoms with Crippen LogP contribution in [0.4, 0.5) is 0 Å². The molecule has 188 valence electrons. The van der Waals surface area contributed by atoms with Crippen LogP contribution in [-0.2, 0) is 4.84 Å². The normalized spacial score (nSPS) is 21.1. The number of aryl methyl sites for hydroxylation is 1. The molecule has 1 heterocycles. The maximum absolute atomic E-state index is 12.2. The summed E-state index contributed by atoms with van der Waals surface area (Å²) >= 11 is 0. The van der Waals surface area contributed by atoms with Crippen molar-refractivity contribution in [3.8, 4) is 5.75 Å². The molecule has 1 aliphatic carbocycles. The molecule has 1 saturated heterocycles. The third-order valence-corrected chi connectivity index (χ3v) is 7.20. The minimum absolute atomic E-state index is 0.0120. The summed E-state index contributed by atoms with van der Waals surface area (Å²) in [5.41, 5.74) is 1.67. The average molecular weight is 470 g/mol. The highest BCUT2D eigenvalue weighted by Gasteiger charge is 2.29. The van der Waals surface area contributed by atoms with Crippen LogP contribution in [0.5, 0.6) is 5.75 Å². The predicted octanol–water partition coefficient (Wildman–Crippen LogP) is 5.92. The molecule has 1 aromatic carbocycles. The Kier molecular flexibility index (Phi) is 9.85. The molecule has 0 atom stereocenters. The van der Waals surface area contributed by atoms with Gasteiger partial charge in [0.15, 0.2) is 0 Å². The van der Waals surface area contributed by atoms with Gasteiger partial charge in [-0.3, -0.25) is 4.79 Å². The number of carbonyl (C=O) groups excluding carboxylic acids is 1. The van der Waals surface area contributed by atoms with E-state index in [9.17, 15) is 4.79 Å². The Bertz CT molecular complexity index is 852. The van der Waals surface area contributed by atoms with E-state index < -0.39 is 0 Å². The Morgan fingerprint density at radius 3 is 2.65 bits per heavy atom. The Morgan fingerprint density at radius 2 is 2.00 bits per heavy atom. The van der Waals surface area contributed by atoms with Gasteiger partial charge in [0, 0.05) is 31.1 Å². The van der Waals surface area contributed by atoms with E-state index in [-0.39, 0.29) is 5.91 Å². The molecule has 2 aliphatic rings. The van der Waals surface area contributed by atoms with Crippen molar-refractivity contribution in [2.75, 3.05) is 26.2 Å². The zero-order chi connectivity index (χ0) is 24.5. The van der Waals surface area contributed by atoms with Crippen LogP contribution < -0.4 is 10.1 Å². The molecule has 1 aromatic rings. The number of ether oxygens (including phenoxy) is 1. The monoisotopic (exact) mass is 469 g/mol. The third kappa shape index (κ3) is 7.51. The van der Waals surface area contributed by atoms with E-state index in [4.69, 9.17) is 9.57 Å². The number of allylic oxidation sites excluding steroid dienone is 1. The van der Waals surface area contributed by atoms with Crippen molar-refractivity contribution < 1.29 is 14.4 Å². The van der Waals surface area contributed by atoms with E-state index in [1.807, 2.05) is 39.0 Å². The van der Waals surface area contributed by atoms with Gasteiger partial charge in [-0.05, 0) is 94.4 Å². The number of likely N-dealkylation sites (tertiary alicyclic amines) is 1. The van der Waals surface area contributed by atoms with Gasteiger partial charge in [-0.1, -0.05) is 25.6 Å². The topological polar surface area (TPSA) is 63.2 Å². The number of hydrogen-bond donors (Lipinski definition) is 1. The number of hydrogen-bond acceptors (Lipinski definition) is 4. The lowest BCUT2D eigenvalue weighted by Crippen LogP contribution is -2.37. The lowest BCUT2D eigenvalue weighted by atomic mass is 9.75. The lowest BCUT2D eigenvalue weighted by Gasteiger charge is -2.34. The largest absolute Gasteiger partial charge is 0.494 e. The average Bonchev–Trinajstić information content (AvgIpc) is 2.82. The molecule has 34 heavy (non-hydrogen) atoms. The molecule has 2 fully saturated rings. The zero-order valence-electron chi connectivity index (χ0n) is 21.6. The van der Waals surface area contributed by atoms with Crippen molar-refractivity contribution in [1.29, 1.82) is 0 Å². The fraction of sp³-hybridized carbons (Fsp3) is 0.643. The van der Waals surface area contributed by atoms with E-state index >= 15 is 0 Å². The van der Waals surface area contributed by atoms with E-state index in [1.54, 1.807) is 0 Å². The second-order valence-electron chi connectivity index (χ2n) is 10.1. The van der Waals surface area contributed by atoms with Crippen molar-refractivity contribution in [3.63, 3.8) is 0 Å². The molecule has 6 nitrogen and oxygen atoms in total. The second kappa shape index (κ2) is 12.8. The van der Waals surface area contributed by atoms with Gasteiger partial charge in [0.2, 0.25) is 0 Å². The first kappa shape index (κ1) is 26.1. The smallest absolute Gasteiger partial charge is 0.251 e. The van der Waals surface area contributed by atoms with Crippen LogP contribution in [0.1, 0.15) is 81.6 Å². The fourth-order valence-electron chi connectivity index (χ4n) is 4.84. The summed E-state index contributed by atoms with van der Waals surface area (Å²) in [6.07, 6.45) is 7.84. The standard InChI is InChI=1S/C28H43N3O3/c1-6-13-29-28(32)27-10-9-26(19-21(27)3)33-16-7-8-24-11-14-31(15-12-24)23(5)30-34-22(4)25-17-20(2)18-25/h9-10,19-20,24-25H,4,6-8,11-18H2,1-3,5H3,(H,29,32)/b30-23+. The first-order valence-electron chi connectivity index (χ1n) is 13.0. The molecular weight excluding hydrogens is 426 g/mol. The van der Waals surface area contributed by atoms with Crippen LogP contribution in [0, 0.1) is 24.7 Å². The van der Waals surface area contributed by atoms with Crippen molar-refractivity contribution >= 4 is 11.7 Å². The van der Waals surface area contributed by atoms with Crippen LogP contribution >= 0.6 is 0 Å². The molecule has 1 N–H and O–H groups in total. The summed E-state index contributed by atoms with van der Waals surface area (Å²) < 4.78 is 5.96. The maximum atomic E-state index is 12.2. The maximum Gasteiger partial charge on any atom is 0.251 e. The number of amides is 1. The number of nitrogens with zero attached hydrogens (tertiary/aromatic N) is 2. The summed E-state index contributed by atoms with van der Waals surface area (Å²) in [5, 5.41) is 7.27. The molecule has 0 aromatic heterocycles. The van der Waals surface area contributed by atoms with Gasteiger partial charge in [0.05, 0.1) is 6.61 Å². The minimum Gasteiger partial charge on any atom is -0.494 e. The number of nitrogens with one attached hydrogen (secondary N) is 1. The number of benzene rings is 1. The van der Waals surface area contributed by atoms with Crippen LogP contribution in [0.2, 0.25) is 0 Å². The molecule has 1 amide bonds. The van der Waals surface area contributed by atoms with Gasteiger partial charge in [0.1, 0.15) is 17.3 Å². The number of carbonyl (C=O) groups is 1. The van der Waals surface area contributed by atoms with Crippen LogP contribution in [0.25, 0.3) is 0 Å². The van der Waals surface area contributed by atoms with Gasteiger partial charge in [-0.25, -0.2) is 0 Å². The van der Waals surface area contributed by atoms with Crippen molar-refractivity contribution in [3.05, 3.63) is 41.7 Å². The lowest BCUT2D eigenvalue weighted by molar-refractivity contribution is 0.0953. The molecule has 0 spiro atoms. The molecule has 0 radical (unpaired) electrons. The second-order valence-corrected chi connectivity index (χ2v) is 10.1. The summed E-state index contributed by atoms with van der Waals surface area (Å²) in [6.45, 7) is 15.8. The molecule has 1 aliphatic heterocycles. The Morgan fingerprint density at radius 1 is 1.26 bits per heavy atom. The van der Waals surface area contributed by atoms with Crippen molar-refractivity contribution in [2.24, 2.45) is 22.9 Å². The summed E-state index contributed by atoms with van der Waals surface area (Å²) in [6, 6.07) is 5.72. The number of oxime groups is 1. The highest BCUT2D eigenvalue weighted by molar-refractivity contribution is 5.95. The summed E-state index contributed by atoms with van der Waals surface area (Å²) in [4.78, 5) is 20.1. The van der Waals surface area contributed by atoms with Crippen LogP contribution in [0.15, 0.2) is 35.7 Å². The molecule has 0 bridgehead atoms. The Balaban J connectivity index is 1.32. The molecule has 0 unspecified atom stereocenters. The van der Waals surface area contributed by atoms with E-state index in [0.717, 1.165) is 66.2 Å². The van der Waals surface area contributed by atoms with E-state index in [2.05, 4.69) is 28.9 Å². The van der Waals surface area contributed by atoms with Crippen LogP contribution in [0.3, 0.4) is 0 Å². The van der Waals surface area contributed by atoms with E-state index in [1.165, 1.54) is 32.1 Å². The molecule has 6 heteroatoms. The Hall–Kier alpha value is -2.50. The number of piperidine rings is 1.